The summed E-state index contributed by atoms with van der Waals surface area (Å²) >= 11 is 3.33. The number of hydrogen-bond acceptors (Lipinski definition) is 5. The van der Waals surface area contributed by atoms with Crippen LogP contribution in [0.5, 0.6) is 0 Å². The highest BCUT2D eigenvalue weighted by atomic mass is 79.9. The number of ether oxygens (including phenoxy) is 1. The van der Waals surface area contributed by atoms with Crippen LogP contribution >= 0.6 is 15.9 Å². The molecule has 1 N–H and O–H groups in total. The minimum absolute atomic E-state index is 0.150. The normalized spacial score (nSPS) is 18.8. The minimum Gasteiger partial charge on any atom is -0.465 e. The van der Waals surface area contributed by atoms with Crippen molar-refractivity contribution in [3.8, 4) is 0 Å². The molecule has 6 nitrogen and oxygen atoms in total. The van der Waals surface area contributed by atoms with Gasteiger partial charge in [0.15, 0.2) is 0 Å². The van der Waals surface area contributed by atoms with Crippen molar-refractivity contribution in [3.05, 3.63) is 58.6 Å². The monoisotopic (exact) mass is 452 g/mol. The summed E-state index contributed by atoms with van der Waals surface area (Å²) in [7, 11) is -3.88. The minimum atomic E-state index is -3.88. The van der Waals surface area contributed by atoms with Crippen molar-refractivity contribution in [2.75, 3.05) is 25.0 Å². The van der Waals surface area contributed by atoms with E-state index in [1.807, 2.05) is 30.3 Å². The van der Waals surface area contributed by atoms with Crippen LogP contribution < -0.4 is 5.32 Å². The average Bonchev–Trinajstić information content (AvgIpc) is 2.73. The number of esters is 1. The molecule has 0 radical (unpaired) electrons. The molecule has 1 heterocycles. The lowest BCUT2D eigenvalue weighted by atomic mass is 10.1. The summed E-state index contributed by atoms with van der Waals surface area (Å²) < 4.78 is 33.7. The van der Waals surface area contributed by atoms with Gasteiger partial charge in [0, 0.05) is 17.1 Å². The van der Waals surface area contributed by atoms with Crippen molar-refractivity contribution >= 4 is 37.6 Å². The third-order valence-electron chi connectivity index (χ3n) is 4.37. The molecule has 0 bridgehead atoms. The molecule has 1 aliphatic heterocycles. The van der Waals surface area contributed by atoms with Crippen molar-refractivity contribution < 1.29 is 17.9 Å². The number of nitrogens with one attached hydrogen (secondary N) is 1. The summed E-state index contributed by atoms with van der Waals surface area (Å²) in [6.45, 7) is 1.98. The Morgan fingerprint density at radius 2 is 2.00 bits per heavy atom. The maximum atomic E-state index is 13.4. The lowest BCUT2D eigenvalue weighted by molar-refractivity contribution is -0.143. The third kappa shape index (κ3) is 4.51. The van der Waals surface area contributed by atoms with Gasteiger partial charge in [-0.3, -0.25) is 4.79 Å². The Bertz CT molecular complexity index is 919. The Morgan fingerprint density at radius 3 is 2.70 bits per heavy atom. The van der Waals surface area contributed by atoms with Crippen LogP contribution in [0, 0.1) is 0 Å². The first kappa shape index (κ1) is 19.9. The van der Waals surface area contributed by atoms with Crippen molar-refractivity contribution in [2.24, 2.45) is 0 Å². The van der Waals surface area contributed by atoms with Crippen LogP contribution in [0.3, 0.4) is 0 Å². The largest absolute Gasteiger partial charge is 0.465 e. The molecule has 0 saturated carbocycles. The number of anilines is 1. The number of nitrogens with zero attached hydrogens (tertiary/aromatic N) is 1. The van der Waals surface area contributed by atoms with Crippen molar-refractivity contribution in [3.63, 3.8) is 0 Å². The highest BCUT2D eigenvalue weighted by Crippen LogP contribution is 2.32. The van der Waals surface area contributed by atoms with Gasteiger partial charge >= 0.3 is 5.97 Å². The number of carbonyl (C=O) groups is 1. The van der Waals surface area contributed by atoms with Crippen LogP contribution in [0.25, 0.3) is 0 Å². The molecular weight excluding hydrogens is 432 g/mol. The van der Waals surface area contributed by atoms with Gasteiger partial charge in [0.1, 0.15) is 11.4 Å². The Morgan fingerprint density at radius 1 is 1.26 bits per heavy atom. The first-order valence-corrected chi connectivity index (χ1v) is 10.9. The Kier molecular flexibility index (Phi) is 6.18. The fourth-order valence-corrected chi connectivity index (χ4v) is 5.39. The Balaban J connectivity index is 2.01. The van der Waals surface area contributed by atoms with Gasteiger partial charge in [-0.05, 0) is 37.1 Å². The molecular formula is C19H21BrN2O4S. The molecule has 3 rings (SSSR count). The lowest BCUT2D eigenvalue weighted by Gasteiger charge is -2.28. The van der Waals surface area contributed by atoms with Gasteiger partial charge in [-0.25, -0.2) is 8.42 Å². The van der Waals surface area contributed by atoms with E-state index in [-0.39, 0.29) is 18.0 Å². The van der Waals surface area contributed by atoms with Crippen LogP contribution in [-0.4, -0.2) is 44.4 Å². The number of rotatable bonds is 5. The predicted octanol–water partition coefficient (Wildman–Crippen LogP) is 3.04. The van der Waals surface area contributed by atoms with E-state index in [0.717, 1.165) is 5.56 Å². The van der Waals surface area contributed by atoms with Crippen molar-refractivity contribution in [1.29, 1.82) is 0 Å². The third-order valence-corrected chi connectivity index (χ3v) is 6.80. The summed E-state index contributed by atoms with van der Waals surface area (Å²) in [4.78, 5) is 12.3. The fraction of sp³-hybridized carbons (Fsp3) is 0.316. The van der Waals surface area contributed by atoms with Crippen LogP contribution in [0.15, 0.2) is 57.9 Å². The molecule has 0 saturated heterocycles. The number of fused-ring (bicyclic) bond motifs is 1. The Hall–Kier alpha value is -1.90. The number of benzene rings is 2. The topological polar surface area (TPSA) is 75.7 Å². The zero-order chi connectivity index (χ0) is 19.4. The molecule has 1 unspecified atom stereocenters. The summed E-state index contributed by atoms with van der Waals surface area (Å²) in [6, 6.07) is 14.3. The summed E-state index contributed by atoms with van der Waals surface area (Å²) in [6.07, 6.45) is 0.488. The van der Waals surface area contributed by atoms with Crippen LogP contribution in [0.4, 0.5) is 5.69 Å². The molecule has 27 heavy (non-hydrogen) atoms. The van der Waals surface area contributed by atoms with E-state index in [2.05, 4.69) is 21.2 Å². The van der Waals surface area contributed by atoms with E-state index in [1.165, 1.54) is 4.31 Å². The first-order valence-electron chi connectivity index (χ1n) is 8.66. The van der Waals surface area contributed by atoms with E-state index in [9.17, 15) is 13.2 Å². The molecule has 1 aliphatic rings. The number of halogens is 1. The SMILES string of the molecule is CCOC(=O)CN1C(Cc2ccccc2)CNc2ccc(Br)cc2S1(=O)=O. The van der Waals surface area contributed by atoms with Crippen LogP contribution in [0.2, 0.25) is 0 Å². The smallest absolute Gasteiger partial charge is 0.321 e. The number of hydrogen-bond donors (Lipinski definition) is 1. The van der Waals surface area contributed by atoms with E-state index < -0.39 is 22.0 Å². The number of carbonyl (C=O) groups excluding carboxylic acids is 1. The highest BCUT2D eigenvalue weighted by molar-refractivity contribution is 9.10. The van der Waals surface area contributed by atoms with E-state index >= 15 is 0 Å². The summed E-state index contributed by atoms with van der Waals surface area (Å²) in [5.41, 5.74) is 1.53. The molecule has 144 valence electrons. The first-order chi connectivity index (χ1) is 12.9. The lowest BCUT2D eigenvalue weighted by Crippen LogP contribution is -2.46. The molecule has 1 atom stereocenters. The second kappa shape index (κ2) is 8.41. The molecule has 8 heteroatoms. The quantitative estimate of drug-likeness (QED) is 0.705. The van der Waals surface area contributed by atoms with Gasteiger partial charge in [0.2, 0.25) is 10.0 Å². The van der Waals surface area contributed by atoms with Crippen LogP contribution in [-0.2, 0) is 26.0 Å². The van der Waals surface area contributed by atoms with E-state index in [4.69, 9.17) is 4.74 Å². The van der Waals surface area contributed by atoms with Gasteiger partial charge in [0.05, 0.1) is 12.3 Å². The average molecular weight is 453 g/mol. The van der Waals surface area contributed by atoms with Crippen molar-refractivity contribution in [2.45, 2.75) is 24.3 Å². The maximum Gasteiger partial charge on any atom is 0.321 e. The zero-order valence-corrected chi connectivity index (χ0v) is 17.3. The van der Waals surface area contributed by atoms with Gasteiger partial charge in [-0.2, -0.15) is 4.31 Å². The van der Waals surface area contributed by atoms with E-state index in [1.54, 1.807) is 25.1 Å². The van der Waals surface area contributed by atoms with Crippen LogP contribution in [0.1, 0.15) is 12.5 Å². The van der Waals surface area contributed by atoms with Crippen molar-refractivity contribution in [1.82, 2.24) is 4.31 Å². The molecule has 0 fully saturated rings. The van der Waals surface area contributed by atoms with Gasteiger partial charge in [-0.1, -0.05) is 46.3 Å². The highest BCUT2D eigenvalue weighted by Gasteiger charge is 2.37. The molecule has 0 aliphatic carbocycles. The summed E-state index contributed by atoms with van der Waals surface area (Å²) in [5, 5.41) is 3.22. The molecule has 2 aromatic carbocycles. The zero-order valence-electron chi connectivity index (χ0n) is 14.9. The predicted molar refractivity (Wildman–Crippen MR) is 107 cm³/mol. The summed E-state index contributed by atoms with van der Waals surface area (Å²) in [5.74, 6) is -0.558. The standard InChI is InChI=1S/C19H21BrN2O4S/c1-2-26-19(23)13-22-16(10-14-6-4-3-5-7-14)12-21-17-9-8-15(20)11-18(17)27(22,24)25/h3-9,11,16,21H,2,10,12-13H2,1H3. The second-order valence-electron chi connectivity index (χ2n) is 6.22. The molecule has 0 amide bonds. The number of sulfonamides is 1. The molecule has 0 aromatic heterocycles. The Labute approximate surface area is 167 Å². The van der Waals surface area contributed by atoms with Gasteiger partial charge in [0.25, 0.3) is 0 Å². The molecule has 2 aromatic rings. The molecule has 0 spiro atoms. The second-order valence-corrected chi connectivity index (χ2v) is 8.99. The van der Waals surface area contributed by atoms with E-state index in [0.29, 0.717) is 23.1 Å². The van der Waals surface area contributed by atoms with Gasteiger partial charge < -0.3 is 10.1 Å². The maximum absolute atomic E-state index is 13.4. The fourth-order valence-electron chi connectivity index (χ4n) is 3.12. The van der Waals surface area contributed by atoms with Gasteiger partial charge in [-0.15, -0.1) is 0 Å².